The summed E-state index contributed by atoms with van der Waals surface area (Å²) in [6.45, 7) is 0. The van der Waals surface area contributed by atoms with Crippen LogP contribution in [0.3, 0.4) is 0 Å². The molecule has 82 valence electrons. The molecule has 0 unspecified atom stereocenters. The van der Waals surface area contributed by atoms with E-state index in [1.807, 2.05) is 0 Å². The Balaban J connectivity index is 2.22. The van der Waals surface area contributed by atoms with Crippen LogP contribution in [0.5, 0.6) is 0 Å². The Morgan fingerprint density at radius 1 is 1.44 bits per heavy atom. The molecule has 0 radical (unpaired) electrons. The number of carbonyl (C=O) groups excluding carboxylic acids is 1. The molecule has 1 heterocycles. The molecule has 5 nitrogen and oxygen atoms in total. The second kappa shape index (κ2) is 4.01. The van der Waals surface area contributed by atoms with Gasteiger partial charge in [0.15, 0.2) is 5.82 Å². The maximum atomic E-state index is 13.3. The number of hydrogen-bond donors (Lipinski definition) is 3. The molecule has 4 N–H and O–H groups in total. The number of halogens is 1. The van der Waals surface area contributed by atoms with Crippen LogP contribution < -0.4 is 11.1 Å². The molecule has 1 amide bonds. The summed E-state index contributed by atoms with van der Waals surface area (Å²) in [5.41, 5.74) is 5.75. The Labute approximate surface area is 90.5 Å². The third-order valence-corrected chi connectivity index (χ3v) is 2.03. The molecule has 0 aliphatic rings. The number of nitrogens with one attached hydrogen (secondary N) is 2. The van der Waals surface area contributed by atoms with Gasteiger partial charge in [0.25, 0.3) is 5.91 Å². The fourth-order valence-electron chi connectivity index (χ4n) is 1.22. The van der Waals surface area contributed by atoms with E-state index in [0.29, 0.717) is 5.69 Å². The molecule has 2 aromatic rings. The quantitative estimate of drug-likeness (QED) is 0.714. The summed E-state index contributed by atoms with van der Waals surface area (Å²) in [5.74, 6) is -0.902. The highest BCUT2D eigenvalue weighted by atomic mass is 19.1. The summed E-state index contributed by atoms with van der Waals surface area (Å²) in [6.07, 6.45) is 1.36. The van der Waals surface area contributed by atoms with Crippen molar-refractivity contribution in [1.82, 2.24) is 10.2 Å². The van der Waals surface area contributed by atoms with Gasteiger partial charge in [0.05, 0.1) is 17.4 Å². The van der Waals surface area contributed by atoms with E-state index < -0.39 is 11.7 Å². The first-order chi connectivity index (χ1) is 7.68. The molecule has 16 heavy (non-hydrogen) atoms. The number of nitrogens with zero attached hydrogens (tertiary/aromatic N) is 1. The van der Waals surface area contributed by atoms with Crippen molar-refractivity contribution in [3.05, 3.63) is 41.8 Å². The predicted molar refractivity (Wildman–Crippen MR) is 57.4 cm³/mol. The average Bonchev–Trinajstić information content (AvgIpc) is 2.65. The zero-order valence-corrected chi connectivity index (χ0v) is 8.20. The van der Waals surface area contributed by atoms with Crippen molar-refractivity contribution >= 4 is 17.4 Å². The summed E-state index contributed by atoms with van der Waals surface area (Å²) in [7, 11) is 0. The monoisotopic (exact) mass is 220 g/mol. The molecule has 6 heteroatoms. The number of anilines is 2. The van der Waals surface area contributed by atoms with E-state index in [1.165, 1.54) is 24.4 Å². The van der Waals surface area contributed by atoms with Crippen molar-refractivity contribution in [2.24, 2.45) is 0 Å². The minimum absolute atomic E-state index is 0.0449. The highest BCUT2D eigenvalue weighted by molar-refractivity contribution is 6.05. The molecule has 0 atom stereocenters. The molecule has 0 saturated heterocycles. The number of hydrogen-bond acceptors (Lipinski definition) is 3. The highest BCUT2D eigenvalue weighted by Crippen LogP contribution is 2.15. The van der Waals surface area contributed by atoms with Gasteiger partial charge in [-0.2, -0.15) is 5.10 Å². The summed E-state index contributed by atoms with van der Waals surface area (Å²) in [4.78, 5) is 11.6. The van der Waals surface area contributed by atoms with Gasteiger partial charge >= 0.3 is 0 Å². The molecule has 0 spiro atoms. The largest absolute Gasteiger partial charge is 0.394 e. The van der Waals surface area contributed by atoms with Crippen LogP contribution in [0.1, 0.15) is 10.4 Å². The van der Waals surface area contributed by atoms with Gasteiger partial charge in [-0.25, -0.2) is 4.39 Å². The van der Waals surface area contributed by atoms with E-state index in [9.17, 15) is 9.18 Å². The van der Waals surface area contributed by atoms with Crippen LogP contribution in [0.25, 0.3) is 0 Å². The lowest BCUT2D eigenvalue weighted by Gasteiger charge is -2.04. The Morgan fingerprint density at radius 3 is 2.81 bits per heavy atom. The summed E-state index contributed by atoms with van der Waals surface area (Å²) in [6, 6.07) is 5.69. The normalized spacial score (nSPS) is 10.1. The Morgan fingerprint density at radius 2 is 2.19 bits per heavy atom. The smallest absolute Gasteiger partial charge is 0.259 e. The second-order valence-electron chi connectivity index (χ2n) is 3.13. The van der Waals surface area contributed by atoms with E-state index in [0.717, 1.165) is 0 Å². The molecule has 1 aromatic heterocycles. The molecule has 0 fully saturated rings. The van der Waals surface area contributed by atoms with Gasteiger partial charge in [0, 0.05) is 0 Å². The number of nitrogen functional groups attached to an aromatic ring is 1. The van der Waals surface area contributed by atoms with Crippen LogP contribution in [-0.2, 0) is 0 Å². The van der Waals surface area contributed by atoms with Crippen LogP contribution in [-0.4, -0.2) is 16.1 Å². The Bertz CT molecular complexity index is 523. The van der Waals surface area contributed by atoms with Crippen LogP contribution in [0.2, 0.25) is 0 Å². The number of aromatic nitrogens is 2. The van der Waals surface area contributed by atoms with Gasteiger partial charge in [0.2, 0.25) is 0 Å². The first-order valence-electron chi connectivity index (χ1n) is 4.53. The molecular formula is C10H9FN4O. The van der Waals surface area contributed by atoms with E-state index >= 15 is 0 Å². The molecule has 0 saturated carbocycles. The number of H-pyrrole nitrogens is 1. The topological polar surface area (TPSA) is 83.8 Å². The van der Waals surface area contributed by atoms with Crippen molar-refractivity contribution in [3.63, 3.8) is 0 Å². The summed E-state index contributed by atoms with van der Waals surface area (Å²) in [5, 5.41) is 8.55. The van der Waals surface area contributed by atoms with Crippen molar-refractivity contribution in [2.45, 2.75) is 0 Å². The third kappa shape index (κ3) is 1.85. The highest BCUT2D eigenvalue weighted by Gasteiger charge is 2.12. The summed E-state index contributed by atoms with van der Waals surface area (Å²) < 4.78 is 13.3. The number of carbonyl (C=O) groups is 1. The van der Waals surface area contributed by atoms with Crippen LogP contribution in [0, 0.1) is 5.82 Å². The maximum Gasteiger partial charge on any atom is 0.259 e. The third-order valence-electron chi connectivity index (χ3n) is 2.03. The lowest BCUT2D eigenvalue weighted by Crippen LogP contribution is -2.14. The SMILES string of the molecule is Nc1cn[nH]c1NC(=O)c1ccccc1F. The lowest BCUT2D eigenvalue weighted by atomic mass is 10.2. The van der Waals surface area contributed by atoms with E-state index in [2.05, 4.69) is 15.5 Å². The fourth-order valence-corrected chi connectivity index (χ4v) is 1.22. The van der Waals surface area contributed by atoms with Crippen LogP contribution >= 0.6 is 0 Å². The van der Waals surface area contributed by atoms with Crippen molar-refractivity contribution < 1.29 is 9.18 Å². The molecular weight excluding hydrogens is 211 g/mol. The van der Waals surface area contributed by atoms with Gasteiger partial charge in [-0.1, -0.05) is 12.1 Å². The number of amides is 1. The Kier molecular flexibility index (Phi) is 2.55. The van der Waals surface area contributed by atoms with Crippen LogP contribution in [0.4, 0.5) is 15.9 Å². The number of nitrogens with two attached hydrogens (primary N) is 1. The standard InChI is InChI=1S/C10H9FN4O/c11-7-4-2-1-3-6(7)10(16)14-9-8(12)5-13-15-9/h1-5H,12H2,(H2,13,14,15,16). The van der Waals surface area contributed by atoms with Gasteiger partial charge in [-0.05, 0) is 12.1 Å². The van der Waals surface area contributed by atoms with Gasteiger partial charge in [-0.3, -0.25) is 9.89 Å². The zero-order valence-electron chi connectivity index (χ0n) is 8.20. The van der Waals surface area contributed by atoms with Gasteiger partial charge < -0.3 is 11.1 Å². The fraction of sp³-hybridized carbons (Fsp3) is 0. The molecule has 0 aliphatic carbocycles. The summed E-state index contributed by atoms with van der Waals surface area (Å²) >= 11 is 0. The number of benzene rings is 1. The predicted octanol–water partition coefficient (Wildman–Crippen LogP) is 1.38. The minimum Gasteiger partial charge on any atom is -0.394 e. The second-order valence-corrected chi connectivity index (χ2v) is 3.13. The maximum absolute atomic E-state index is 13.3. The molecule has 2 rings (SSSR count). The van der Waals surface area contributed by atoms with Crippen molar-refractivity contribution in [2.75, 3.05) is 11.1 Å². The van der Waals surface area contributed by atoms with Gasteiger partial charge in [-0.15, -0.1) is 0 Å². The number of rotatable bonds is 2. The lowest BCUT2D eigenvalue weighted by molar-refractivity contribution is 0.102. The van der Waals surface area contributed by atoms with E-state index in [1.54, 1.807) is 6.07 Å². The zero-order chi connectivity index (χ0) is 11.5. The minimum atomic E-state index is -0.585. The first-order valence-corrected chi connectivity index (χ1v) is 4.53. The van der Waals surface area contributed by atoms with Crippen molar-refractivity contribution in [1.29, 1.82) is 0 Å². The average molecular weight is 220 g/mol. The van der Waals surface area contributed by atoms with E-state index in [-0.39, 0.29) is 11.4 Å². The van der Waals surface area contributed by atoms with Crippen LogP contribution in [0.15, 0.2) is 30.5 Å². The van der Waals surface area contributed by atoms with Gasteiger partial charge in [0.1, 0.15) is 5.82 Å². The molecule has 0 aliphatic heterocycles. The number of aromatic amines is 1. The molecule has 1 aromatic carbocycles. The van der Waals surface area contributed by atoms with Crippen molar-refractivity contribution in [3.8, 4) is 0 Å². The first kappa shape index (κ1) is 10.2. The molecule has 0 bridgehead atoms. The van der Waals surface area contributed by atoms with E-state index in [4.69, 9.17) is 5.73 Å². The Hall–Kier alpha value is -2.37.